The maximum absolute atomic E-state index is 3.91. The smallest absolute Gasteiger partial charge is 0.0425 e. The molecule has 0 bridgehead atoms. The van der Waals surface area contributed by atoms with Gasteiger partial charge >= 0.3 is 0 Å². The van der Waals surface area contributed by atoms with Crippen molar-refractivity contribution in [2.75, 3.05) is 5.32 Å². The number of fused-ring (bicyclic) bond motifs is 1. The van der Waals surface area contributed by atoms with Crippen LogP contribution in [0.4, 0.5) is 5.69 Å². The minimum atomic E-state index is -0.0207. The second kappa shape index (κ2) is 3.67. The molecule has 0 amide bonds. The summed E-state index contributed by atoms with van der Waals surface area (Å²) in [7, 11) is 0. The summed E-state index contributed by atoms with van der Waals surface area (Å²) in [5, 5.41) is 3.39. The fourth-order valence-electron chi connectivity index (χ4n) is 2.36. The van der Waals surface area contributed by atoms with Crippen molar-refractivity contribution in [3.8, 4) is 0 Å². The first-order chi connectivity index (χ1) is 7.61. The van der Waals surface area contributed by atoms with E-state index in [1.807, 2.05) is 18.2 Å². The van der Waals surface area contributed by atoms with Crippen LogP contribution in [0.2, 0.25) is 0 Å². The Labute approximate surface area is 97.2 Å². The Morgan fingerprint density at radius 1 is 1.12 bits per heavy atom. The van der Waals surface area contributed by atoms with Gasteiger partial charge in [-0.1, -0.05) is 51.3 Å². The molecule has 1 aliphatic rings. The Balaban J connectivity index is 2.68. The Hall–Kier alpha value is -1.76. The number of anilines is 1. The molecule has 2 rings (SSSR count). The number of rotatable bonds is 2. The summed E-state index contributed by atoms with van der Waals surface area (Å²) in [5.74, 6) is 0. The third-order valence-electron chi connectivity index (χ3n) is 3.24. The zero-order valence-electron chi connectivity index (χ0n) is 9.88. The van der Waals surface area contributed by atoms with Gasteiger partial charge in [0.05, 0.1) is 0 Å². The molecule has 0 saturated heterocycles. The number of allylic oxidation sites excluding steroid dienone is 3. The monoisotopic (exact) mass is 211 g/mol. The Morgan fingerprint density at radius 3 is 2.44 bits per heavy atom. The molecule has 1 heteroatoms. The van der Waals surface area contributed by atoms with Crippen molar-refractivity contribution in [2.24, 2.45) is 0 Å². The quantitative estimate of drug-likeness (QED) is 0.779. The molecule has 1 aromatic rings. The lowest BCUT2D eigenvalue weighted by Crippen LogP contribution is -2.27. The highest BCUT2D eigenvalue weighted by Gasteiger charge is 2.31. The van der Waals surface area contributed by atoms with Gasteiger partial charge in [0.15, 0.2) is 0 Å². The van der Waals surface area contributed by atoms with Gasteiger partial charge < -0.3 is 5.32 Å². The molecule has 0 atom stereocenters. The van der Waals surface area contributed by atoms with Gasteiger partial charge in [0, 0.05) is 16.8 Å². The van der Waals surface area contributed by atoms with E-state index in [-0.39, 0.29) is 5.41 Å². The van der Waals surface area contributed by atoms with Gasteiger partial charge in [0.2, 0.25) is 0 Å². The standard InChI is InChI=1S/C15H17N/c1-5-11-13(6-2)16-14-10-8-7-9-12(14)15(11,3)4/h5-10,16H,1-2H2,3-4H3. The molecule has 0 aromatic heterocycles. The number of benzene rings is 1. The fraction of sp³-hybridized carbons (Fsp3) is 0.200. The van der Waals surface area contributed by atoms with Gasteiger partial charge in [-0.2, -0.15) is 0 Å². The van der Waals surface area contributed by atoms with Gasteiger partial charge in [0.1, 0.15) is 0 Å². The molecule has 0 saturated carbocycles. The number of hydrogen-bond donors (Lipinski definition) is 1. The molecule has 1 aromatic carbocycles. The number of hydrogen-bond acceptors (Lipinski definition) is 1. The molecule has 0 aliphatic carbocycles. The van der Waals surface area contributed by atoms with E-state index < -0.39 is 0 Å². The largest absolute Gasteiger partial charge is 0.355 e. The summed E-state index contributed by atoms with van der Waals surface area (Å²) >= 11 is 0. The van der Waals surface area contributed by atoms with E-state index in [4.69, 9.17) is 0 Å². The summed E-state index contributed by atoms with van der Waals surface area (Å²) < 4.78 is 0. The van der Waals surface area contributed by atoms with Crippen molar-refractivity contribution in [3.05, 3.63) is 66.4 Å². The lowest BCUT2D eigenvalue weighted by molar-refractivity contribution is 0.629. The highest BCUT2D eigenvalue weighted by Crippen LogP contribution is 2.42. The lowest BCUT2D eigenvalue weighted by atomic mass is 9.74. The van der Waals surface area contributed by atoms with E-state index in [0.717, 1.165) is 11.4 Å². The first-order valence-electron chi connectivity index (χ1n) is 5.47. The molecule has 1 N–H and O–H groups in total. The van der Waals surface area contributed by atoms with Gasteiger partial charge in [-0.3, -0.25) is 0 Å². The fourth-order valence-corrected chi connectivity index (χ4v) is 2.36. The van der Waals surface area contributed by atoms with Crippen LogP contribution in [-0.4, -0.2) is 0 Å². The van der Waals surface area contributed by atoms with Crippen LogP contribution in [0.5, 0.6) is 0 Å². The van der Waals surface area contributed by atoms with Crippen molar-refractivity contribution >= 4 is 5.69 Å². The van der Waals surface area contributed by atoms with E-state index >= 15 is 0 Å². The average Bonchev–Trinajstić information content (AvgIpc) is 2.28. The van der Waals surface area contributed by atoms with E-state index in [1.54, 1.807) is 0 Å². The van der Waals surface area contributed by atoms with Crippen molar-refractivity contribution in [1.29, 1.82) is 0 Å². The van der Waals surface area contributed by atoms with Crippen molar-refractivity contribution in [1.82, 2.24) is 0 Å². The number of para-hydroxylation sites is 1. The minimum Gasteiger partial charge on any atom is -0.355 e. The summed E-state index contributed by atoms with van der Waals surface area (Å²) in [6.45, 7) is 12.2. The van der Waals surface area contributed by atoms with E-state index in [0.29, 0.717) is 0 Å². The maximum atomic E-state index is 3.91. The zero-order valence-corrected chi connectivity index (χ0v) is 9.88. The average molecular weight is 211 g/mol. The molecule has 0 unspecified atom stereocenters. The summed E-state index contributed by atoms with van der Waals surface area (Å²) in [4.78, 5) is 0. The Bertz CT molecular complexity index is 478. The number of nitrogens with one attached hydrogen (secondary N) is 1. The molecule has 1 nitrogen and oxygen atoms in total. The van der Waals surface area contributed by atoms with Crippen LogP contribution in [0.1, 0.15) is 19.4 Å². The van der Waals surface area contributed by atoms with Gasteiger partial charge in [-0.25, -0.2) is 0 Å². The van der Waals surface area contributed by atoms with Gasteiger partial charge in [0.25, 0.3) is 0 Å². The second-order valence-electron chi connectivity index (χ2n) is 4.53. The first kappa shape index (κ1) is 10.7. The molecule has 1 heterocycles. The Kier molecular flexibility index (Phi) is 2.47. The van der Waals surface area contributed by atoms with Crippen molar-refractivity contribution in [3.63, 3.8) is 0 Å². The second-order valence-corrected chi connectivity index (χ2v) is 4.53. The van der Waals surface area contributed by atoms with Gasteiger partial charge in [-0.05, 0) is 23.3 Å². The molecule has 0 spiro atoms. The van der Waals surface area contributed by atoms with Crippen LogP contribution in [0.25, 0.3) is 0 Å². The third kappa shape index (κ3) is 1.40. The molecule has 0 fully saturated rings. The maximum Gasteiger partial charge on any atom is 0.0425 e. The Morgan fingerprint density at radius 2 is 1.81 bits per heavy atom. The molecule has 16 heavy (non-hydrogen) atoms. The summed E-state index contributed by atoms with van der Waals surface area (Å²) in [6.07, 6.45) is 3.77. The van der Waals surface area contributed by atoms with E-state index in [1.165, 1.54) is 11.1 Å². The highest BCUT2D eigenvalue weighted by atomic mass is 14.9. The van der Waals surface area contributed by atoms with Gasteiger partial charge in [-0.15, -0.1) is 0 Å². The van der Waals surface area contributed by atoms with Crippen LogP contribution in [0, 0.1) is 0 Å². The summed E-state index contributed by atoms with van der Waals surface area (Å²) in [6, 6.07) is 8.37. The topological polar surface area (TPSA) is 12.0 Å². The molecule has 0 radical (unpaired) electrons. The van der Waals surface area contributed by atoms with Crippen molar-refractivity contribution < 1.29 is 0 Å². The molecule has 1 aliphatic heterocycles. The predicted molar refractivity (Wildman–Crippen MR) is 70.5 cm³/mol. The highest BCUT2D eigenvalue weighted by molar-refractivity contribution is 5.68. The van der Waals surface area contributed by atoms with E-state index in [2.05, 4.69) is 50.5 Å². The normalized spacial score (nSPS) is 17.4. The minimum absolute atomic E-state index is 0.0207. The van der Waals surface area contributed by atoms with Crippen LogP contribution in [0.3, 0.4) is 0 Å². The zero-order chi connectivity index (χ0) is 11.8. The predicted octanol–water partition coefficient (Wildman–Crippen LogP) is 4.02. The molecule has 82 valence electrons. The van der Waals surface area contributed by atoms with Crippen LogP contribution < -0.4 is 5.32 Å². The lowest BCUT2D eigenvalue weighted by Gasteiger charge is -2.35. The van der Waals surface area contributed by atoms with Crippen LogP contribution in [0.15, 0.2) is 60.8 Å². The summed E-state index contributed by atoms with van der Waals surface area (Å²) in [5.41, 5.74) is 4.69. The third-order valence-corrected chi connectivity index (χ3v) is 3.24. The van der Waals surface area contributed by atoms with E-state index in [9.17, 15) is 0 Å². The van der Waals surface area contributed by atoms with Crippen LogP contribution in [-0.2, 0) is 5.41 Å². The van der Waals surface area contributed by atoms with Crippen LogP contribution >= 0.6 is 0 Å². The molecular formula is C15H17N. The first-order valence-corrected chi connectivity index (χ1v) is 5.47. The van der Waals surface area contributed by atoms with Crippen molar-refractivity contribution in [2.45, 2.75) is 19.3 Å². The SMILES string of the molecule is C=CC1=C(C=C)C(C)(C)c2ccccc2N1. The molecular weight excluding hydrogens is 194 g/mol.